The second-order valence-electron chi connectivity index (χ2n) is 4.96. The van der Waals surface area contributed by atoms with Gasteiger partial charge in [-0.15, -0.1) is 11.3 Å². The lowest BCUT2D eigenvalue weighted by atomic mass is 10.3. The van der Waals surface area contributed by atoms with E-state index in [2.05, 4.69) is 54.4 Å². The minimum absolute atomic E-state index is 0.849. The van der Waals surface area contributed by atoms with Crippen molar-refractivity contribution < 1.29 is 0 Å². The summed E-state index contributed by atoms with van der Waals surface area (Å²) in [5.41, 5.74) is 1.32. The molecule has 4 nitrogen and oxygen atoms in total. The van der Waals surface area contributed by atoms with Gasteiger partial charge in [-0.05, 0) is 39.9 Å². The third-order valence-electron chi connectivity index (χ3n) is 3.64. The molecule has 0 bridgehead atoms. The van der Waals surface area contributed by atoms with E-state index in [9.17, 15) is 0 Å². The Morgan fingerprint density at radius 2 is 2.10 bits per heavy atom. The summed E-state index contributed by atoms with van der Waals surface area (Å²) in [6, 6.07) is 6.47. The van der Waals surface area contributed by atoms with Crippen molar-refractivity contribution in [1.82, 2.24) is 10.2 Å². The maximum Gasteiger partial charge on any atom is 0.194 e. The third kappa shape index (κ3) is 3.57. The van der Waals surface area contributed by atoms with Crippen LogP contribution in [0.4, 0.5) is 5.00 Å². The number of aliphatic imine (C=N–C) groups is 1. The van der Waals surface area contributed by atoms with Gasteiger partial charge in [0.05, 0.1) is 5.00 Å². The number of nitrogens with zero attached hydrogens (tertiary/aromatic N) is 3. The molecule has 0 aliphatic carbocycles. The highest BCUT2D eigenvalue weighted by molar-refractivity contribution is 7.14. The molecule has 0 spiro atoms. The lowest BCUT2D eigenvalue weighted by molar-refractivity contribution is 0.373. The SMILES string of the molecule is CN=C(NCc1ccsc1)N1CCN(c2cccs2)CC1. The molecule has 1 aliphatic rings. The van der Waals surface area contributed by atoms with Crippen LogP contribution in [-0.4, -0.2) is 44.1 Å². The number of hydrogen-bond acceptors (Lipinski definition) is 4. The molecule has 1 aliphatic heterocycles. The number of nitrogens with one attached hydrogen (secondary N) is 1. The summed E-state index contributed by atoms with van der Waals surface area (Å²) < 4.78 is 0. The molecule has 0 aromatic carbocycles. The van der Waals surface area contributed by atoms with E-state index in [-0.39, 0.29) is 0 Å². The van der Waals surface area contributed by atoms with Crippen molar-refractivity contribution in [1.29, 1.82) is 0 Å². The topological polar surface area (TPSA) is 30.9 Å². The molecular weight excluding hydrogens is 300 g/mol. The molecule has 2 aromatic rings. The standard InChI is InChI=1S/C15H20N4S2/c1-16-15(17-11-13-4-10-20-12-13)19-7-5-18(6-8-19)14-3-2-9-21-14/h2-4,9-10,12H,5-8,11H2,1H3,(H,16,17). The number of piperazine rings is 1. The molecule has 6 heteroatoms. The molecule has 3 heterocycles. The molecule has 21 heavy (non-hydrogen) atoms. The lowest BCUT2D eigenvalue weighted by Crippen LogP contribution is -2.52. The van der Waals surface area contributed by atoms with Gasteiger partial charge in [0, 0.05) is 39.8 Å². The second kappa shape index (κ2) is 6.95. The van der Waals surface area contributed by atoms with Gasteiger partial charge in [-0.3, -0.25) is 4.99 Å². The fraction of sp³-hybridized carbons (Fsp3) is 0.400. The van der Waals surface area contributed by atoms with Gasteiger partial charge in [-0.25, -0.2) is 0 Å². The number of guanidine groups is 1. The van der Waals surface area contributed by atoms with Gasteiger partial charge >= 0.3 is 0 Å². The second-order valence-corrected chi connectivity index (χ2v) is 6.66. The molecule has 0 atom stereocenters. The van der Waals surface area contributed by atoms with Crippen LogP contribution in [0.5, 0.6) is 0 Å². The fourth-order valence-electron chi connectivity index (χ4n) is 2.50. The average Bonchev–Trinajstić information content (AvgIpc) is 3.22. The van der Waals surface area contributed by atoms with E-state index in [1.54, 1.807) is 11.3 Å². The van der Waals surface area contributed by atoms with Crippen molar-refractivity contribution in [3.8, 4) is 0 Å². The summed E-state index contributed by atoms with van der Waals surface area (Å²) in [4.78, 5) is 9.21. The Bertz CT molecular complexity index is 555. The molecule has 3 rings (SSSR count). The Hall–Kier alpha value is -1.53. The Morgan fingerprint density at radius 3 is 2.71 bits per heavy atom. The molecule has 0 amide bonds. The van der Waals surface area contributed by atoms with Crippen LogP contribution in [0.25, 0.3) is 0 Å². The van der Waals surface area contributed by atoms with Crippen LogP contribution in [0.2, 0.25) is 0 Å². The number of rotatable bonds is 3. The van der Waals surface area contributed by atoms with Gasteiger partial charge in [0.15, 0.2) is 5.96 Å². The summed E-state index contributed by atoms with van der Waals surface area (Å²) >= 11 is 3.55. The smallest absolute Gasteiger partial charge is 0.194 e. The minimum atomic E-state index is 0.849. The first-order valence-electron chi connectivity index (χ1n) is 7.12. The van der Waals surface area contributed by atoms with E-state index in [0.29, 0.717) is 0 Å². The fourth-order valence-corrected chi connectivity index (χ4v) is 3.95. The maximum atomic E-state index is 4.42. The highest BCUT2D eigenvalue weighted by atomic mass is 32.1. The highest BCUT2D eigenvalue weighted by Gasteiger charge is 2.20. The lowest BCUT2D eigenvalue weighted by Gasteiger charge is -2.37. The largest absolute Gasteiger partial charge is 0.360 e. The van der Waals surface area contributed by atoms with E-state index >= 15 is 0 Å². The van der Waals surface area contributed by atoms with E-state index < -0.39 is 0 Å². The third-order valence-corrected chi connectivity index (χ3v) is 5.30. The van der Waals surface area contributed by atoms with Crippen molar-refractivity contribution in [2.75, 3.05) is 38.1 Å². The predicted octanol–water partition coefficient (Wildman–Crippen LogP) is 2.71. The van der Waals surface area contributed by atoms with E-state index in [1.165, 1.54) is 10.6 Å². The quantitative estimate of drug-likeness (QED) is 0.697. The first-order valence-corrected chi connectivity index (χ1v) is 8.94. The van der Waals surface area contributed by atoms with E-state index in [1.807, 2.05) is 18.4 Å². The van der Waals surface area contributed by atoms with Crippen molar-refractivity contribution >= 4 is 33.6 Å². The summed E-state index contributed by atoms with van der Waals surface area (Å²) in [6.45, 7) is 4.99. The van der Waals surface area contributed by atoms with E-state index in [0.717, 1.165) is 38.7 Å². The molecule has 1 N–H and O–H groups in total. The number of thiophene rings is 2. The highest BCUT2D eigenvalue weighted by Crippen LogP contribution is 2.22. The number of hydrogen-bond donors (Lipinski definition) is 1. The van der Waals surface area contributed by atoms with Crippen molar-refractivity contribution in [3.05, 3.63) is 39.9 Å². The minimum Gasteiger partial charge on any atom is -0.360 e. The summed E-state index contributed by atoms with van der Waals surface area (Å²) in [7, 11) is 1.86. The zero-order chi connectivity index (χ0) is 14.5. The first kappa shape index (κ1) is 14.4. The summed E-state index contributed by atoms with van der Waals surface area (Å²) in [6.07, 6.45) is 0. The average molecular weight is 320 g/mol. The molecule has 2 aromatic heterocycles. The van der Waals surface area contributed by atoms with Crippen molar-refractivity contribution in [2.45, 2.75) is 6.54 Å². The first-order chi connectivity index (χ1) is 10.4. The van der Waals surface area contributed by atoms with Crippen LogP contribution >= 0.6 is 22.7 Å². The van der Waals surface area contributed by atoms with Crippen LogP contribution < -0.4 is 10.2 Å². The monoisotopic (exact) mass is 320 g/mol. The molecule has 0 saturated carbocycles. The summed E-state index contributed by atoms with van der Waals surface area (Å²) in [5.74, 6) is 1.01. The maximum absolute atomic E-state index is 4.42. The molecule has 112 valence electrons. The van der Waals surface area contributed by atoms with Gasteiger partial charge in [-0.1, -0.05) is 0 Å². The normalized spacial score (nSPS) is 16.3. The Morgan fingerprint density at radius 1 is 1.24 bits per heavy atom. The van der Waals surface area contributed by atoms with Gasteiger partial charge in [0.2, 0.25) is 0 Å². The van der Waals surface area contributed by atoms with Crippen molar-refractivity contribution in [3.63, 3.8) is 0 Å². The van der Waals surface area contributed by atoms with Gasteiger partial charge in [0.1, 0.15) is 0 Å². The van der Waals surface area contributed by atoms with Crippen LogP contribution in [0, 0.1) is 0 Å². The van der Waals surface area contributed by atoms with Crippen LogP contribution in [0.15, 0.2) is 39.3 Å². The van der Waals surface area contributed by atoms with Crippen LogP contribution in [0.3, 0.4) is 0 Å². The predicted molar refractivity (Wildman–Crippen MR) is 92.6 cm³/mol. The molecule has 1 fully saturated rings. The Kier molecular flexibility index (Phi) is 4.77. The van der Waals surface area contributed by atoms with Gasteiger partial charge in [0.25, 0.3) is 0 Å². The molecule has 1 saturated heterocycles. The zero-order valence-electron chi connectivity index (χ0n) is 12.2. The molecule has 0 unspecified atom stereocenters. The molecule has 0 radical (unpaired) electrons. The van der Waals surface area contributed by atoms with Gasteiger partial charge in [-0.2, -0.15) is 11.3 Å². The summed E-state index contributed by atoms with van der Waals surface area (Å²) in [5, 5.41) is 11.3. The van der Waals surface area contributed by atoms with Crippen LogP contribution in [-0.2, 0) is 6.54 Å². The zero-order valence-corrected chi connectivity index (χ0v) is 13.8. The van der Waals surface area contributed by atoms with Crippen LogP contribution in [0.1, 0.15) is 5.56 Å². The molecular formula is C15H20N4S2. The van der Waals surface area contributed by atoms with E-state index in [4.69, 9.17) is 0 Å². The number of anilines is 1. The Labute approximate surface area is 133 Å². The van der Waals surface area contributed by atoms with Crippen molar-refractivity contribution in [2.24, 2.45) is 4.99 Å². The Balaban J connectivity index is 1.52. The van der Waals surface area contributed by atoms with Gasteiger partial charge < -0.3 is 15.1 Å².